The summed E-state index contributed by atoms with van der Waals surface area (Å²) in [4.78, 5) is 9.38. The van der Waals surface area contributed by atoms with Crippen molar-refractivity contribution < 1.29 is 0 Å². The van der Waals surface area contributed by atoms with E-state index in [-0.39, 0.29) is 0 Å². The molecule has 0 unspecified atom stereocenters. The van der Waals surface area contributed by atoms with Gasteiger partial charge >= 0.3 is 0 Å². The lowest BCUT2D eigenvalue weighted by molar-refractivity contribution is 1.18. The van der Waals surface area contributed by atoms with Crippen molar-refractivity contribution in [1.29, 1.82) is 0 Å². The summed E-state index contributed by atoms with van der Waals surface area (Å²) in [6.07, 6.45) is 3.57. The molecular formula is C11H11N3S. The van der Waals surface area contributed by atoms with Crippen molar-refractivity contribution in [2.45, 2.75) is 10.6 Å². The molecule has 0 saturated heterocycles. The third-order valence-corrected chi connectivity index (χ3v) is 2.91. The molecule has 0 radical (unpaired) electrons. The average molecular weight is 217 g/mol. The molecule has 2 heterocycles. The zero-order valence-electron chi connectivity index (χ0n) is 8.13. The van der Waals surface area contributed by atoms with Crippen molar-refractivity contribution in [3.05, 3.63) is 48.4 Å². The molecule has 0 aliphatic heterocycles. The molecule has 0 fully saturated rings. The Bertz CT molecular complexity index is 431. The van der Waals surface area contributed by atoms with Crippen LogP contribution in [0.25, 0.3) is 0 Å². The van der Waals surface area contributed by atoms with Crippen LogP contribution in [0.2, 0.25) is 0 Å². The maximum atomic E-state index is 5.60. The van der Waals surface area contributed by atoms with Gasteiger partial charge in [0.15, 0.2) is 0 Å². The van der Waals surface area contributed by atoms with Gasteiger partial charge in [-0.15, -0.1) is 11.8 Å². The fourth-order valence-corrected chi connectivity index (χ4v) is 1.96. The molecule has 2 N–H and O–H groups in total. The van der Waals surface area contributed by atoms with Gasteiger partial charge in [-0.2, -0.15) is 0 Å². The SMILES string of the molecule is Nc1cccc(CSc2ccncc2)n1. The molecule has 2 aromatic rings. The van der Waals surface area contributed by atoms with E-state index in [1.807, 2.05) is 24.3 Å². The van der Waals surface area contributed by atoms with Gasteiger partial charge in [0.1, 0.15) is 5.82 Å². The first-order valence-corrected chi connectivity index (χ1v) is 5.57. The maximum absolute atomic E-state index is 5.60. The van der Waals surface area contributed by atoms with Crippen LogP contribution in [0.3, 0.4) is 0 Å². The summed E-state index contributed by atoms with van der Waals surface area (Å²) >= 11 is 1.72. The number of nitrogens with zero attached hydrogens (tertiary/aromatic N) is 2. The summed E-state index contributed by atoms with van der Waals surface area (Å²) in [5.74, 6) is 1.40. The molecule has 0 spiro atoms. The third-order valence-electron chi connectivity index (χ3n) is 1.86. The Morgan fingerprint density at radius 1 is 1.13 bits per heavy atom. The van der Waals surface area contributed by atoms with Crippen LogP contribution in [-0.4, -0.2) is 9.97 Å². The predicted octanol–water partition coefficient (Wildman–Crippen LogP) is 2.35. The number of nitrogens with two attached hydrogens (primary N) is 1. The average Bonchev–Trinajstić information content (AvgIpc) is 2.28. The second-order valence-corrected chi connectivity index (χ2v) is 4.07. The van der Waals surface area contributed by atoms with E-state index in [1.165, 1.54) is 4.90 Å². The minimum atomic E-state index is 0.572. The second kappa shape index (κ2) is 4.79. The van der Waals surface area contributed by atoms with Crippen LogP contribution < -0.4 is 5.73 Å². The van der Waals surface area contributed by atoms with Crippen molar-refractivity contribution in [3.8, 4) is 0 Å². The summed E-state index contributed by atoms with van der Waals surface area (Å²) < 4.78 is 0. The Morgan fingerprint density at radius 3 is 2.67 bits per heavy atom. The van der Waals surface area contributed by atoms with Crippen LogP contribution in [0.5, 0.6) is 0 Å². The van der Waals surface area contributed by atoms with Crippen LogP contribution in [0.4, 0.5) is 5.82 Å². The van der Waals surface area contributed by atoms with Gasteiger partial charge in [0.2, 0.25) is 0 Å². The second-order valence-electron chi connectivity index (χ2n) is 3.03. The van der Waals surface area contributed by atoms with Gasteiger partial charge in [-0.05, 0) is 24.3 Å². The first-order chi connectivity index (χ1) is 7.34. The summed E-state index contributed by atoms with van der Waals surface area (Å²) in [6.45, 7) is 0. The number of pyridine rings is 2. The van der Waals surface area contributed by atoms with Gasteiger partial charge in [0.05, 0.1) is 5.69 Å². The van der Waals surface area contributed by atoms with E-state index in [9.17, 15) is 0 Å². The highest BCUT2D eigenvalue weighted by Crippen LogP contribution is 2.20. The molecule has 0 bridgehead atoms. The highest BCUT2D eigenvalue weighted by Gasteiger charge is 1.97. The highest BCUT2D eigenvalue weighted by atomic mass is 32.2. The Morgan fingerprint density at radius 2 is 1.93 bits per heavy atom. The molecule has 0 aromatic carbocycles. The number of hydrogen-bond donors (Lipinski definition) is 1. The molecule has 0 aliphatic rings. The van der Waals surface area contributed by atoms with Crippen LogP contribution >= 0.6 is 11.8 Å². The lowest BCUT2D eigenvalue weighted by Crippen LogP contribution is -1.93. The lowest BCUT2D eigenvalue weighted by Gasteiger charge is -2.01. The number of aromatic nitrogens is 2. The number of rotatable bonds is 3. The molecule has 4 heteroatoms. The largest absolute Gasteiger partial charge is 0.384 e. The van der Waals surface area contributed by atoms with Crippen molar-refractivity contribution in [2.75, 3.05) is 5.73 Å². The zero-order chi connectivity index (χ0) is 10.5. The van der Waals surface area contributed by atoms with Crippen LogP contribution in [0.15, 0.2) is 47.6 Å². The highest BCUT2D eigenvalue weighted by molar-refractivity contribution is 7.98. The summed E-state index contributed by atoms with van der Waals surface area (Å²) in [5.41, 5.74) is 6.59. The van der Waals surface area contributed by atoms with Gasteiger partial charge in [0.25, 0.3) is 0 Å². The summed E-state index contributed by atoms with van der Waals surface area (Å²) in [6, 6.07) is 9.66. The monoisotopic (exact) mass is 217 g/mol. The van der Waals surface area contributed by atoms with Crippen LogP contribution in [-0.2, 0) is 5.75 Å². The van der Waals surface area contributed by atoms with Gasteiger partial charge in [-0.3, -0.25) is 4.98 Å². The quantitative estimate of drug-likeness (QED) is 0.802. The van der Waals surface area contributed by atoms with Gasteiger partial charge < -0.3 is 5.73 Å². The fourth-order valence-electron chi connectivity index (χ4n) is 1.17. The number of nitrogen functional groups attached to an aromatic ring is 1. The van der Waals surface area contributed by atoms with Gasteiger partial charge in [-0.25, -0.2) is 4.98 Å². The fraction of sp³-hybridized carbons (Fsp3) is 0.0909. The molecule has 3 nitrogen and oxygen atoms in total. The molecule has 0 aliphatic carbocycles. The molecule has 15 heavy (non-hydrogen) atoms. The van der Waals surface area contributed by atoms with Crippen LogP contribution in [0.1, 0.15) is 5.69 Å². The number of hydrogen-bond acceptors (Lipinski definition) is 4. The Balaban J connectivity index is 1.99. The normalized spacial score (nSPS) is 10.1. The van der Waals surface area contributed by atoms with E-state index in [2.05, 4.69) is 9.97 Å². The number of thioether (sulfide) groups is 1. The van der Waals surface area contributed by atoms with E-state index in [0.717, 1.165) is 11.4 Å². The number of anilines is 1. The molecule has 0 amide bonds. The minimum Gasteiger partial charge on any atom is -0.384 e. The standard InChI is InChI=1S/C11H11N3S/c12-11-3-1-2-9(14-11)8-15-10-4-6-13-7-5-10/h1-7H,8H2,(H2,12,14). The van der Waals surface area contributed by atoms with E-state index in [1.54, 1.807) is 30.2 Å². The van der Waals surface area contributed by atoms with E-state index in [0.29, 0.717) is 5.82 Å². The Labute approximate surface area is 92.8 Å². The first kappa shape index (κ1) is 9.98. The molecular weight excluding hydrogens is 206 g/mol. The van der Waals surface area contributed by atoms with Crippen LogP contribution in [0, 0.1) is 0 Å². The van der Waals surface area contributed by atoms with Crippen molar-refractivity contribution in [2.24, 2.45) is 0 Å². The zero-order valence-corrected chi connectivity index (χ0v) is 8.95. The van der Waals surface area contributed by atoms with E-state index < -0.39 is 0 Å². The van der Waals surface area contributed by atoms with Crippen molar-refractivity contribution in [3.63, 3.8) is 0 Å². The van der Waals surface area contributed by atoms with E-state index >= 15 is 0 Å². The minimum absolute atomic E-state index is 0.572. The molecule has 0 atom stereocenters. The maximum Gasteiger partial charge on any atom is 0.123 e. The molecule has 2 rings (SSSR count). The van der Waals surface area contributed by atoms with Gasteiger partial charge in [-0.1, -0.05) is 6.07 Å². The van der Waals surface area contributed by atoms with Crippen molar-refractivity contribution >= 4 is 17.6 Å². The lowest BCUT2D eigenvalue weighted by atomic mass is 10.4. The summed E-state index contributed by atoms with van der Waals surface area (Å²) in [5, 5.41) is 0. The molecule has 2 aromatic heterocycles. The molecule has 0 saturated carbocycles. The Hall–Kier alpha value is -1.55. The van der Waals surface area contributed by atoms with Gasteiger partial charge in [0, 0.05) is 23.0 Å². The predicted molar refractivity (Wildman–Crippen MR) is 62.4 cm³/mol. The third kappa shape index (κ3) is 2.95. The first-order valence-electron chi connectivity index (χ1n) is 4.59. The topological polar surface area (TPSA) is 51.8 Å². The van der Waals surface area contributed by atoms with Crippen molar-refractivity contribution in [1.82, 2.24) is 9.97 Å². The molecule has 76 valence electrons. The van der Waals surface area contributed by atoms with E-state index in [4.69, 9.17) is 5.73 Å². The Kier molecular flexibility index (Phi) is 3.19. The summed E-state index contributed by atoms with van der Waals surface area (Å²) in [7, 11) is 0. The smallest absolute Gasteiger partial charge is 0.123 e.